The number of aliphatic hydroxyl groups is 1. The van der Waals surface area contributed by atoms with E-state index in [0.717, 1.165) is 11.3 Å². The normalized spacial score (nSPS) is 13.6. The van der Waals surface area contributed by atoms with Gasteiger partial charge in [0.2, 0.25) is 0 Å². The predicted molar refractivity (Wildman–Crippen MR) is 76.5 cm³/mol. The van der Waals surface area contributed by atoms with Crippen molar-refractivity contribution in [3.05, 3.63) is 54.0 Å². The van der Waals surface area contributed by atoms with Gasteiger partial charge in [0, 0.05) is 5.69 Å². The van der Waals surface area contributed by atoms with Crippen molar-refractivity contribution < 1.29 is 14.3 Å². The van der Waals surface area contributed by atoms with Crippen molar-refractivity contribution in [1.29, 1.82) is 0 Å². The smallest absolute Gasteiger partial charge is 0.319 e. The van der Waals surface area contributed by atoms with Crippen LogP contribution in [0.5, 0.6) is 0 Å². The van der Waals surface area contributed by atoms with Crippen molar-refractivity contribution >= 4 is 11.7 Å². The lowest BCUT2D eigenvalue weighted by Crippen LogP contribution is -2.40. The lowest BCUT2D eigenvalue weighted by molar-refractivity contribution is 0.0372. The van der Waals surface area contributed by atoms with Crippen LogP contribution in [0, 0.1) is 6.92 Å². The summed E-state index contributed by atoms with van der Waals surface area (Å²) >= 11 is 0. The van der Waals surface area contributed by atoms with E-state index in [1.807, 2.05) is 31.2 Å². The molecule has 0 aliphatic rings. The van der Waals surface area contributed by atoms with Crippen LogP contribution in [-0.4, -0.2) is 17.7 Å². The third-order valence-electron chi connectivity index (χ3n) is 3.04. The number of amides is 2. The molecular weight excluding hydrogens is 256 g/mol. The molecule has 0 saturated carbocycles. The minimum Gasteiger partial charge on any atom is -0.466 e. The number of rotatable bonds is 4. The third kappa shape index (κ3) is 3.39. The van der Waals surface area contributed by atoms with Crippen LogP contribution in [0.2, 0.25) is 0 Å². The van der Waals surface area contributed by atoms with Gasteiger partial charge in [0.25, 0.3) is 0 Å². The van der Waals surface area contributed by atoms with E-state index in [-0.39, 0.29) is 12.6 Å². The first-order valence-electron chi connectivity index (χ1n) is 6.36. The SMILES string of the molecule is Cc1ccccc1NC(=O)NCC(C)(O)c1ccco1. The Kier molecular flexibility index (Phi) is 4.10. The van der Waals surface area contributed by atoms with E-state index < -0.39 is 5.60 Å². The highest BCUT2D eigenvalue weighted by atomic mass is 16.4. The maximum atomic E-state index is 11.8. The summed E-state index contributed by atoms with van der Waals surface area (Å²) in [5, 5.41) is 15.6. The molecule has 0 aliphatic carbocycles. The van der Waals surface area contributed by atoms with Crippen LogP contribution < -0.4 is 10.6 Å². The highest BCUT2D eigenvalue weighted by molar-refractivity contribution is 5.90. The van der Waals surface area contributed by atoms with Crippen LogP contribution in [0.4, 0.5) is 10.5 Å². The number of hydrogen-bond acceptors (Lipinski definition) is 3. The molecule has 1 aromatic heterocycles. The van der Waals surface area contributed by atoms with E-state index in [1.165, 1.54) is 6.26 Å². The maximum Gasteiger partial charge on any atom is 0.319 e. The topological polar surface area (TPSA) is 74.5 Å². The highest BCUT2D eigenvalue weighted by Crippen LogP contribution is 2.20. The van der Waals surface area contributed by atoms with Crippen LogP contribution in [0.3, 0.4) is 0 Å². The molecule has 1 aromatic carbocycles. The number of hydrogen-bond donors (Lipinski definition) is 3. The lowest BCUT2D eigenvalue weighted by Gasteiger charge is -2.21. The van der Waals surface area contributed by atoms with E-state index in [2.05, 4.69) is 10.6 Å². The van der Waals surface area contributed by atoms with Gasteiger partial charge in [0.15, 0.2) is 0 Å². The largest absolute Gasteiger partial charge is 0.466 e. The van der Waals surface area contributed by atoms with E-state index in [1.54, 1.807) is 19.1 Å². The van der Waals surface area contributed by atoms with Gasteiger partial charge in [-0.25, -0.2) is 4.79 Å². The summed E-state index contributed by atoms with van der Waals surface area (Å²) in [7, 11) is 0. The number of anilines is 1. The monoisotopic (exact) mass is 274 g/mol. The summed E-state index contributed by atoms with van der Waals surface area (Å²) in [5.41, 5.74) is 0.468. The minimum atomic E-state index is -1.24. The number of benzene rings is 1. The summed E-state index contributed by atoms with van der Waals surface area (Å²) in [6.07, 6.45) is 1.48. The standard InChI is InChI=1S/C15H18N2O3/c1-11-6-3-4-7-12(11)17-14(18)16-10-15(2,19)13-8-5-9-20-13/h3-9,19H,10H2,1-2H3,(H2,16,17,18). The van der Waals surface area contributed by atoms with Crippen LogP contribution in [-0.2, 0) is 5.60 Å². The zero-order valence-corrected chi connectivity index (χ0v) is 11.5. The molecule has 5 heteroatoms. The summed E-state index contributed by atoms with van der Waals surface area (Å²) in [4.78, 5) is 11.8. The van der Waals surface area contributed by atoms with Gasteiger partial charge in [-0.1, -0.05) is 18.2 Å². The van der Waals surface area contributed by atoms with Crippen LogP contribution in [0.25, 0.3) is 0 Å². The Morgan fingerprint density at radius 3 is 2.70 bits per heavy atom. The molecule has 2 rings (SSSR count). The molecule has 20 heavy (non-hydrogen) atoms. The van der Waals surface area contributed by atoms with E-state index in [4.69, 9.17) is 4.42 Å². The van der Waals surface area contributed by atoms with Crippen LogP contribution in [0.15, 0.2) is 47.1 Å². The first-order valence-corrected chi connectivity index (χ1v) is 6.36. The minimum absolute atomic E-state index is 0.0538. The lowest BCUT2D eigenvalue weighted by atomic mass is 10.0. The fourth-order valence-electron chi connectivity index (χ4n) is 1.80. The summed E-state index contributed by atoms with van der Waals surface area (Å²) in [5.74, 6) is 0.411. The van der Waals surface area contributed by atoms with Crippen molar-refractivity contribution in [3.63, 3.8) is 0 Å². The van der Waals surface area contributed by atoms with Gasteiger partial charge in [-0.15, -0.1) is 0 Å². The second kappa shape index (κ2) is 5.79. The van der Waals surface area contributed by atoms with Gasteiger partial charge in [0.05, 0.1) is 12.8 Å². The van der Waals surface area contributed by atoms with Gasteiger partial charge in [0.1, 0.15) is 11.4 Å². The molecule has 1 heterocycles. The molecule has 0 saturated heterocycles. The van der Waals surface area contributed by atoms with Gasteiger partial charge in [-0.2, -0.15) is 0 Å². The molecule has 1 unspecified atom stereocenters. The molecule has 3 N–H and O–H groups in total. The number of aryl methyl sites for hydroxylation is 1. The fraction of sp³-hybridized carbons (Fsp3) is 0.267. The van der Waals surface area contributed by atoms with E-state index in [0.29, 0.717) is 5.76 Å². The van der Waals surface area contributed by atoms with Gasteiger partial charge < -0.3 is 20.2 Å². The molecule has 0 radical (unpaired) electrons. The molecular formula is C15H18N2O3. The van der Waals surface area contributed by atoms with Crippen molar-refractivity contribution in [2.45, 2.75) is 19.4 Å². The first kappa shape index (κ1) is 14.1. The Morgan fingerprint density at radius 1 is 1.30 bits per heavy atom. The predicted octanol–water partition coefficient (Wildman–Crippen LogP) is 2.62. The zero-order chi connectivity index (χ0) is 14.6. The summed E-state index contributed by atoms with van der Waals surface area (Å²) < 4.78 is 5.15. The molecule has 0 aliphatic heterocycles. The number of para-hydroxylation sites is 1. The second-order valence-electron chi connectivity index (χ2n) is 4.87. The molecule has 0 fully saturated rings. The van der Waals surface area contributed by atoms with Gasteiger partial charge in [-0.05, 0) is 37.6 Å². The zero-order valence-electron chi connectivity index (χ0n) is 11.5. The van der Waals surface area contributed by atoms with Crippen molar-refractivity contribution in [2.75, 3.05) is 11.9 Å². The molecule has 0 spiro atoms. The van der Waals surface area contributed by atoms with Crippen molar-refractivity contribution in [2.24, 2.45) is 0 Å². The average molecular weight is 274 g/mol. The second-order valence-corrected chi connectivity index (χ2v) is 4.87. The molecule has 2 amide bonds. The molecule has 0 bridgehead atoms. The number of urea groups is 1. The molecule has 5 nitrogen and oxygen atoms in total. The highest BCUT2D eigenvalue weighted by Gasteiger charge is 2.26. The third-order valence-corrected chi connectivity index (χ3v) is 3.04. The maximum absolute atomic E-state index is 11.8. The Balaban J connectivity index is 1.91. The Hall–Kier alpha value is -2.27. The quantitative estimate of drug-likeness (QED) is 0.802. The number of carbonyl (C=O) groups is 1. The van der Waals surface area contributed by atoms with Crippen molar-refractivity contribution in [3.8, 4) is 0 Å². The van der Waals surface area contributed by atoms with E-state index >= 15 is 0 Å². The number of nitrogens with one attached hydrogen (secondary N) is 2. The average Bonchev–Trinajstić information content (AvgIpc) is 2.94. The van der Waals surface area contributed by atoms with Crippen LogP contribution in [0.1, 0.15) is 18.2 Å². The molecule has 1 atom stereocenters. The number of furan rings is 1. The number of carbonyl (C=O) groups excluding carboxylic acids is 1. The summed E-state index contributed by atoms with van der Waals surface area (Å²) in [6, 6.07) is 10.5. The molecule has 106 valence electrons. The Morgan fingerprint density at radius 2 is 2.05 bits per heavy atom. The Labute approximate surface area is 117 Å². The van der Waals surface area contributed by atoms with Crippen LogP contribution >= 0.6 is 0 Å². The first-order chi connectivity index (χ1) is 9.49. The fourth-order valence-corrected chi connectivity index (χ4v) is 1.80. The molecule has 2 aromatic rings. The van der Waals surface area contributed by atoms with Crippen molar-refractivity contribution in [1.82, 2.24) is 5.32 Å². The van der Waals surface area contributed by atoms with Gasteiger partial charge in [-0.3, -0.25) is 0 Å². The summed E-state index contributed by atoms with van der Waals surface area (Å²) in [6.45, 7) is 3.55. The Bertz CT molecular complexity index is 577. The van der Waals surface area contributed by atoms with E-state index in [9.17, 15) is 9.90 Å². The van der Waals surface area contributed by atoms with Gasteiger partial charge >= 0.3 is 6.03 Å².